The molecule has 0 spiro atoms. The Balaban J connectivity index is 1.52. The number of carbonyl (C=O) groups excluding carboxylic acids is 1. The lowest BCUT2D eigenvalue weighted by molar-refractivity contribution is 0.0949. The molecule has 0 aliphatic rings. The predicted molar refractivity (Wildman–Crippen MR) is 105 cm³/mol. The van der Waals surface area contributed by atoms with E-state index in [2.05, 4.69) is 27.8 Å². The van der Waals surface area contributed by atoms with Crippen molar-refractivity contribution in [1.29, 1.82) is 0 Å². The number of carbonyl (C=O) groups is 1. The third-order valence-corrected chi connectivity index (χ3v) is 4.16. The van der Waals surface area contributed by atoms with E-state index in [0.717, 1.165) is 17.7 Å². The molecule has 3 aromatic rings. The summed E-state index contributed by atoms with van der Waals surface area (Å²) < 4.78 is 0. The second kappa shape index (κ2) is 9.02. The lowest BCUT2D eigenvalue weighted by atomic mass is 10.1. The second-order valence-corrected chi connectivity index (χ2v) is 6.34. The Morgan fingerprint density at radius 1 is 0.962 bits per heavy atom. The van der Waals surface area contributed by atoms with Gasteiger partial charge in [0, 0.05) is 30.0 Å². The van der Waals surface area contributed by atoms with Crippen LogP contribution in [0, 0.1) is 0 Å². The molecule has 0 unspecified atom stereocenters. The largest absolute Gasteiger partial charge is 0.381 e. The molecule has 0 atom stereocenters. The molecule has 2 N–H and O–H groups in total. The van der Waals surface area contributed by atoms with Gasteiger partial charge in [-0.1, -0.05) is 54.1 Å². The van der Waals surface area contributed by atoms with Crippen molar-refractivity contribution in [3.05, 3.63) is 94.8 Å². The van der Waals surface area contributed by atoms with Crippen molar-refractivity contribution in [2.75, 3.05) is 11.9 Å². The summed E-state index contributed by atoms with van der Waals surface area (Å²) in [5.74, 6) is -0.185. The molecule has 0 saturated carbocycles. The summed E-state index contributed by atoms with van der Waals surface area (Å²) in [5, 5.41) is 6.91. The molecule has 0 saturated heterocycles. The summed E-state index contributed by atoms with van der Waals surface area (Å²) in [5.41, 5.74) is 3.53. The fourth-order valence-electron chi connectivity index (χ4n) is 2.57. The zero-order valence-corrected chi connectivity index (χ0v) is 15.0. The molecule has 0 aliphatic heterocycles. The number of benzene rings is 2. The molecule has 5 heteroatoms. The van der Waals surface area contributed by atoms with Gasteiger partial charge in [0.1, 0.15) is 5.69 Å². The molecule has 1 heterocycles. The van der Waals surface area contributed by atoms with E-state index in [1.54, 1.807) is 12.3 Å². The highest BCUT2D eigenvalue weighted by atomic mass is 35.5. The highest BCUT2D eigenvalue weighted by Gasteiger charge is 2.07. The van der Waals surface area contributed by atoms with Gasteiger partial charge in [0.2, 0.25) is 0 Å². The fourth-order valence-corrected chi connectivity index (χ4v) is 2.78. The van der Waals surface area contributed by atoms with Crippen molar-refractivity contribution in [2.24, 2.45) is 0 Å². The maximum absolute atomic E-state index is 12.3. The molecular formula is C21H20ClN3O. The van der Waals surface area contributed by atoms with Crippen LogP contribution in [0.1, 0.15) is 21.6 Å². The van der Waals surface area contributed by atoms with Crippen molar-refractivity contribution in [3.8, 4) is 0 Å². The Kier molecular flexibility index (Phi) is 6.23. The summed E-state index contributed by atoms with van der Waals surface area (Å²) in [6.07, 6.45) is 2.36. The number of nitrogens with one attached hydrogen (secondary N) is 2. The minimum atomic E-state index is -0.185. The molecule has 3 rings (SSSR count). The average Bonchev–Trinajstić information content (AvgIpc) is 2.67. The van der Waals surface area contributed by atoms with Gasteiger partial charge in [-0.05, 0) is 41.8 Å². The van der Waals surface area contributed by atoms with Gasteiger partial charge in [0.15, 0.2) is 0 Å². The van der Waals surface area contributed by atoms with Crippen molar-refractivity contribution >= 4 is 23.2 Å². The molecule has 0 aliphatic carbocycles. The highest BCUT2D eigenvalue weighted by Crippen LogP contribution is 2.12. The van der Waals surface area contributed by atoms with E-state index in [1.807, 2.05) is 48.5 Å². The normalized spacial score (nSPS) is 10.3. The van der Waals surface area contributed by atoms with Gasteiger partial charge in [-0.15, -0.1) is 0 Å². The zero-order valence-electron chi connectivity index (χ0n) is 14.3. The molecule has 132 valence electrons. The van der Waals surface area contributed by atoms with Crippen LogP contribution in [0.5, 0.6) is 0 Å². The van der Waals surface area contributed by atoms with E-state index in [9.17, 15) is 4.79 Å². The molecule has 0 radical (unpaired) electrons. The topological polar surface area (TPSA) is 54.0 Å². The minimum Gasteiger partial charge on any atom is -0.381 e. The fraction of sp³-hybridized carbons (Fsp3) is 0.143. The van der Waals surface area contributed by atoms with Gasteiger partial charge in [-0.25, -0.2) is 0 Å². The van der Waals surface area contributed by atoms with Crippen molar-refractivity contribution in [3.63, 3.8) is 0 Å². The summed E-state index contributed by atoms with van der Waals surface area (Å²) in [6, 6.07) is 21.3. The Labute approximate surface area is 158 Å². The Morgan fingerprint density at radius 3 is 2.58 bits per heavy atom. The van der Waals surface area contributed by atoms with Crippen LogP contribution in [-0.2, 0) is 13.0 Å². The van der Waals surface area contributed by atoms with Gasteiger partial charge in [0.25, 0.3) is 5.91 Å². The first-order valence-corrected chi connectivity index (χ1v) is 8.85. The number of halogens is 1. The van der Waals surface area contributed by atoms with E-state index in [0.29, 0.717) is 23.8 Å². The van der Waals surface area contributed by atoms with Crippen molar-refractivity contribution in [2.45, 2.75) is 13.0 Å². The number of anilines is 1. The lowest BCUT2D eigenvalue weighted by Crippen LogP contribution is -2.26. The number of amides is 1. The summed E-state index contributed by atoms with van der Waals surface area (Å²) in [6.45, 7) is 1.23. The van der Waals surface area contributed by atoms with E-state index >= 15 is 0 Å². The van der Waals surface area contributed by atoms with Crippen LogP contribution in [0.25, 0.3) is 0 Å². The predicted octanol–water partition coefficient (Wildman–Crippen LogP) is 4.32. The molecule has 4 nitrogen and oxygen atoms in total. The van der Waals surface area contributed by atoms with E-state index < -0.39 is 0 Å². The quantitative estimate of drug-likeness (QED) is 0.655. The van der Waals surface area contributed by atoms with Gasteiger partial charge in [-0.2, -0.15) is 0 Å². The smallest absolute Gasteiger partial charge is 0.269 e. The Bertz CT molecular complexity index is 868. The SMILES string of the molecule is O=C(NCCc1cccc(Cl)c1)c1cc(NCc2ccccc2)ccn1. The van der Waals surface area contributed by atoms with Gasteiger partial charge >= 0.3 is 0 Å². The third kappa shape index (κ3) is 5.33. The van der Waals surface area contributed by atoms with Gasteiger partial charge in [-0.3, -0.25) is 9.78 Å². The molecule has 26 heavy (non-hydrogen) atoms. The van der Waals surface area contributed by atoms with Crippen LogP contribution >= 0.6 is 11.6 Å². The zero-order chi connectivity index (χ0) is 18.2. The van der Waals surface area contributed by atoms with Gasteiger partial charge in [0.05, 0.1) is 0 Å². The average molecular weight is 366 g/mol. The number of hydrogen-bond donors (Lipinski definition) is 2. The second-order valence-electron chi connectivity index (χ2n) is 5.90. The molecular weight excluding hydrogens is 346 g/mol. The number of nitrogens with zero attached hydrogens (tertiary/aromatic N) is 1. The van der Waals surface area contributed by atoms with Crippen LogP contribution in [0.2, 0.25) is 5.02 Å². The van der Waals surface area contributed by atoms with E-state index in [-0.39, 0.29) is 5.91 Å². The summed E-state index contributed by atoms with van der Waals surface area (Å²) in [4.78, 5) is 16.5. The molecule has 0 bridgehead atoms. The van der Waals surface area contributed by atoms with Crippen LogP contribution in [0.4, 0.5) is 5.69 Å². The first-order valence-electron chi connectivity index (χ1n) is 8.47. The van der Waals surface area contributed by atoms with Crippen molar-refractivity contribution in [1.82, 2.24) is 10.3 Å². The monoisotopic (exact) mass is 365 g/mol. The standard InChI is InChI=1S/C21H20ClN3O/c22-18-8-4-7-16(13-18)9-11-24-21(26)20-14-19(10-12-23-20)25-15-17-5-2-1-3-6-17/h1-8,10,12-14H,9,11,15H2,(H,23,25)(H,24,26). The lowest BCUT2D eigenvalue weighted by Gasteiger charge is -2.09. The number of aromatic nitrogens is 1. The number of rotatable bonds is 7. The first-order chi connectivity index (χ1) is 12.7. The molecule has 1 amide bonds. The van der Waals surface area contributed by atoms with E-state index in [4.69, 9.17) is 11.6 Å². The van der Waals surface area contributed by atoms with Crippen LogP contribution in [-0.4, -0.2) is 17.4 Å². The summed E-state index contributed by atoms with van der Waals surface area (Å²) in [7, 11) is 0. The van der Waals surface area contributed by atoms with Crippen LogP contribution in [0.15, 0.2) is 72.9 Å². The van der Waals surface area contributed by atoms with E-state index in [1.165, 1.54) is 5.56 Å². The Morgan fingerprint density at radius 2 is 1.77 bits per heavy atom. The van der Waals surface area contributed by atoms with Crippen molar-refractivity contribution < 1.29 is 4.79 Å². The van der Waals surface area contributed by atoms with Crippen LogP contribution in [0.3, 0.4) is 0 Å². The maximum Gasteiger partial charge on any atom is 0.269 e. The maximum atomic E-state index is 12.3. The molecule has 2 aromatic carbocycles. The Hall–Kier alpha value is -2.85. The number of pyridine rings is 1. The van der Waals surface area contributed by atoms with Gasteiger partial charge < -0.3 is 10.6 Å². The first kappa shape index (κ1) is 18.0. The third-order valence-electron chi connectivity index (χ3n) is 3.92. The minimum absolute atomic E-state index is 0.185. The molecule has 1 aromatic heterocycles. The summed E-state index contributed by atoms with van der Waals surface area (Å²) >= 11 is 5.97. The van der Waals surface area contributed by atoms with Crippen LogP contribution < -0.4 is 10.6 Å². The molecule has 0 fully saturated rings. The number of hydrogen-bond acceptors (Lipinski definition) is 3. The highest BCUT2D eigenvalue weighted by molar-refractivity contribution is 6.30.